The van der Waals surface area contributed by atoms with Gasteiger partial charge in [-0.3, -0.25) is 0 Å². The third-order valence-corrected chi connectivity index (χ3v) is 8.30. The lowest BCUT2D eigenvalue weighted by Gasteiger charge is -2.72. The predicted molar refractivity (Wildman–Crippen MR) is 77.5 cm³/mol. The van der Waals surface area contributed by atoms with Crippen molar-refractivity contribution in [1.82, 2.24) is 0 Å². The van der Waals surface area contributed by atoms with Crippen molar-refractivity contribution in [3.05, 3.63) is 0 Å². The van der Waals surface area contributed by atoms with Gasteiger partial charge in [0.15, 0.2) is 0 Å². The molecule has 6 rings (SSSR count). The Morgan fingerprint density at radius 1 is 0.750 bits per heavy atom. The maximum atomic E-state index is 6.17. The Morgan fingerprint density at radius 3 is 1.45 bits per heavy atom. The smallest absolute Gasteiger partial charge is 0.0732 e. The minimum absolute atomic E-state index is 0.191. The topological polar surface area (TPSA) is 18.5 Å². The van der Waals surface area contributed by atoms with E-state index >= 15 is 0 Å². The van der Waals surface area contributed by atoms with Gasteiger partial charge in [-0.2, -0.15) is 0 Å². The molecule has 2 nitrogen and oxygen atoms in total. The highest BCUT2D eigenvalue weighted by Crippen LogP contribution is 2.73. The molecule has 0 spiro atoms. The van der Waals surface area contributed by atoms with E-state index in [4.69, 9.17) is 9.47 Å². The van der Waals surface area contributed by atoms with Gasteiger partial charge in [-0.25, -0.2) is 0 Å². The first-order valence-corrected chi connectivity index (χ1v) is 8.76. The minimum atomic E-state index is 0.191. The fraction of sp³-hybridized carbons (Fsp3) is 1.00. The average Bonchev–Trinajstić information content (AvgIpc) is 2.31. The van der Waals surface area contributed by atoms with Gasteiger partial charge in [0.2, 0.25) is 0 Å². The van der Waals surface area contributed by atoms with Gasteiger partial charge in [-0.05, 0) is 64.2 Å². The number of hydrogen-bond acceptors (Lipinski definition) is 2. The Balaban J connectivity index is 1.57. The van der Waals surface area contributed by atoms with Crippen molar-refractivity contribution in [3.8, 4) is 0 Å². The Hall–Kier alpha value is -0.0800. The molecule has 2 aliphatic heterocycles. The predicted octanol–water partition coefficient (Wildman–Crippen LogP) is 3.93. The molecule has 2 unspecified atom stereocenters. The van der Waals surface area contributed by atoms with E-state index in [2.05, 4.69) is 13.8 Å². The van der Waals surface area contributed by atoms with Crippen molar-refractivity contribution in [2.45, 2.75) is 76.4 Å². The lowest BCUT2D eigenvalue weighted by Crippen LogP contribution is -2.70. The SMILES string of the molecule is CC1(C23CC4CC(C2)CC(C2(C)CCO2)(C4)C3)CCO1. The lowest BCUT2D eigenvalue weighted by molar-refractivity contribution is -0.314. The molecule has 0 N–H and O–H groups in total. The zero-order valence-corrected chi connectivity index (χ0v) is 13.0. The molecule has 20 heavy (non-hydrogen) atoms. The molecule has 2 atom stereocenters. The first kappa shape index (κ1) is 12.5. The van der Waals surface area contributed by atoms with Crippen LogP contribution >= 0.6 is 0 Å². The molecule has 2 heterocycles. The summed E-state index contributed by atoms with van der Waals surface area (Å²) in [5.41, 5.74) is 1.35. The lowest BCUT2D eigenvalue weighted by atomic mass is 9.37. The normalized spacial score (nSPS) is 63.9. The van der Waals surface area contributed by atoms with E-state index in [1.807, 2.05) is 0 Å². The molecule has 4 aliphatic carbocycles. The summed E-state index contributed by atoms with van der Waals surface area (Å²) in [5, 5.41) is 0. The Labute approximate surface area is 122 Å². The van der Waals surface area contributed by atoms with Crippen LogP contribution < -0.4 is 0 Å². The molecular formula is C18H28O2. The van der Waals surface area contributed by atoms with Crippen molar-refractivity contribution < 1.29 is 9.47 Å². The fourth-order valence-corrected chi connectivity index (χ4v) is 7.15. The first-order chi connectivity index (χ1) is 9.49. The van der Waals surface area contributed by atoms with Crippen molar-refractivity contribution in [3.63, 3.8) is 0 Å². The molecular weight excluding hydrogens is 248 g/mol. The van der Waals surface area contributed by atoms with Gasteiger partial charge in [0.25, 0.3) is 0 Å². The molecule has 6 aliphatic rings. The van der Waals surface area contributed by atoms with Gasteiger partial charge in [0.1, 0.15) is 0 Å². The summed E-state index contributed by atoms with van der Waals surface area (Å²) in [6.07, 6.45) is 11.2. The maximum absolute atomic E-state index is 6.17. The maximum Gasteiger partial charge on any atom is 0.0732 e. The van der Waals surface area contributed by atoms with Gasteiger partial charge < -0.3 is 9.47 Å². The molecule has 0 aromatic carbocycles. The number of hydrogen-bond donors (Lipinski definition) is 0. The van der Waals surface area contributed by atoms with E-state index in [1.54, 1.807) is 0 Å². The molecule has 2 heteroatoms. The van der Waals surface area contributed by atoms with Crippen LogP contribution in [0.1, 0.15) is 65.2 Å². The Bertz CT molecular complexity index is 394. The highest BCUT2D eigenvalue weighted by atomic mass is 16.5. The van der Waals surface area contributed by atoms with Crippen LogP contribution in [-0.4, -0.2) is 24.4 Å². The van der Waals surface area contributed by atoms with E-state index in [0.717, 1.165) is 25.0 Å². The molecule has 6 fully saturated rings. The van der Waals surface area contributed by atoms with Crippen molar-refractivity contribution >= 4 is 0 Å². The number of rotatable bonds is 2. The van der Waals surface area contributed by atoms with Crippen LogP contribution in [0.25, 0.3) is 0 Å². The van der Waals surface area contributed by atoms with E-state index < -0.39 is 0 Å². The van der Waals surface area contributed by atoms with Crippen LogP contribution in [0.5, 0.6) is 0 Å². The van der Waals surface area contributed by atoms with E-state index in [1.165, 1.54) is 51.4 Å². The van der Waals surface area contributed by atoms with Gasteiger partial charge in [0, 0.05) is 23.7 Å². The summed E-state index contributed by atoms with van der Waals surface area (Å²) in [6, 6.07) is 0. The summed E-state index contributed by atoms with van der Waals surface area (Å²) in [4.78, 5) is 0. The Morgan fingerprint density at radius 2 is 1.15 bits per heavy atom. The Kier molecular flexibility index (Phi) is 2.15. The van der Waals surface area contributed by atoms with Crippen LogP contribution in [0.3, 0.4) is 0 Å². The van der Waals surface area contributed by atoms with Crippen LogP contribution in [0.4, 0.5) is 0 Å². The van der Waals surface area contributed by atoms with E-state index in [-0.39, 0.29) is 11.2 Å². The van der Waals surface area contributed by atoms with Crippen LogP contribution in [0, 0.1) is 22.7 Å². The molecule has 2 saturated heterocycles. The second kappa shape index (κ2) is 3.46. The second-order valence-corrected chi connectivity index (χ2v) is 9.18. The fourth-order valence-electron chi connectivity index (χ4n) is 7.15. The summed E-state index contributed by atoms with van der Waals surface area (Å²) >= 11 is 0. The molecule has 4 saturated carbocycles. The van der Waals surface area contributed by atoms with Crippen LogP contribution in [-0.2, 0) is 9.47 Å². The van der Waals surface area contributed by atoms with E-state index in [9.17, 15) is 0 Å². The van der Waals surface area contributed by atoms with Crippen LogP contribution in [0.15, 0.2) is 0 Å². The van der Waals surface area contributed by atoms with E-state index in [0.29, 0.717) is 10.8 Å². The zero-order valence-electron chi connectivity index (χ0n) is 13.0. The summed E-state index contributed by atoms with van der Waals surface area (Å²) in [7, 11) is 0. The summed E-state index contributed by atoms with van der Waals surface area (Å²) in [6.45, 7) is 6.82. The van der Waals surface area contributed by atoms with Crippen LogP contribution in [0.2, 0.25) is 0 Å². The highest BCUT2D eigenvalue weighted by Gasteiger charge is 2.69. The third kappa shape index (κ3) is 1.26. The minimum Gasteiger partial charge on any atom is -0.375 e. The average molecular weight is 276 g/mol. The molecule has 0 aromatic rings. The van der Waals surface area contributed by atoms with Crippen molar-refractivity contribution in [2.75, 3.05) is 13.2 Å². The van der Waals surface area contributed by atoms with Crippen molar-refractivity contribution in [2.24, 2.45) is 22.7 Å². The molecule has 112 valence electrons. The number of ether oxygens (including phenoxy) is 2. The zero-order chi connectivity index (χ0) is 13.6. The quantitative estimate of drug-likeness (QED) is 0.761. The van der Waals surface area contributed by atoms with Gasteiger partial charge in [-0.1, -0.05) is 0 Å². The largest absolute Gasteiger partial charge is 0.375 e. The van der Waals surface area contributed by atoms with Gasteiger partial charge >= 0.3 is 0 Å². The third-order valence-electron chi connectivity index (χ3n) is 8.30. The molecule has 0 radical (unpaired) electrons. The summed E-state index contributed by atoms with van der Waals surface area (Å²) < 4.78 is 12.3. The molecule has 0 aromatic heterocycles. The second-order valence-electron chi connectivity index (χ2n) is 9.18. The highest BCUT2D eigenvalue weighted by molar-refractivity contribution is 5.19. The molecule has 4 bridgehead atoms. The first-order valence-electron chi connectivity index (χ1n) is 8.76. The van der Waals surface area contributed by atoms with Gasteiger partial charge in [0.05, 0.1) is 24.4 Å². The monoisotopic (exact) mass is 276 g/mol. The van der Waals surface area contributed by atoms with Gasteiger partial charge in [-0.15, -0.1) is 0 Å². The molecule has 0 amide bonds. The standard InChI is InChI=1S/C18H28O2/c1-15(3-5-19-15)17-8-13-7-14(9-17)11-18(10-13,12-17)16(2)4-6-20-16/h13-14H,3-12H2,1-2H3. The van der Waals surface area contributed by atoms with Crippen molar-refractivity contribution in [1.29, 1.82) is 0 Å². The summed E-state index contributed by atoms with van der Waals surface area (Å²) in [5.74, 6) is 1.91.